The van der Waals surface area contributed by atoms with Gasteiger partial charge in [0.15, 0.2) is 0 Å². The first kappa shape index (κ1) is 27.0. The predicted molar refractivity (Wildman–Crippen MR) is 145 cm³/mol. The summed E-state index contributed by atoms with van der Waals surface area (Å²) in [5.41, 5.74) is 4.75. The second-order valence-electron chi connectivity index (χ2n) is 10.4. The lowest BCUT2D eigenvalue weighted by molar-refractivity contribution is -0.141. The maximum atomic E-state index is 13.9. The first-order valence-electron chi connectivity index (χ1n) is 12.4. The maximum absolute atomic E-state index is 13.9. The number of rotatable bonds is 9. The molecule has 0 unspecified atom stereocenters. The van der Waals surface area contributed by atoms with Crippen LogP contribution in [0.25, 0.3) is 0 Å². The smallest absolute Gasteiger partial charge is 0.243 e. The van der Waals surface area contributed by atoms with Gasteiger partial charge in [0.25, 0.3) is 0 Å². The Morgan fingerprint density at radius 3 is 2.19 bits per heavy atom. The highest BCUT2D eigenvalue weighted by atomic mass is 16.5. The minimum atomic E-state index is -0.670. The lowest BCUT2D eigenvalue weighted by Crippen LogP contribution is -2.54. The molecule has 36 heavy (non-hydrogen) atoms. The van der Waals surface area contributed by atoms with Crippen molar-refractivity contribution in [1.29, 1.82) is 0 Å². The third kappa shape index (κ3) is 7.70. The highest BCUT2D eigenvalue weighted by Gasteiger charge is 2.32. The molecule has 1 atom stereocenters. The Morgan fingerprint density at radius 2 is 1.56 bits per heavy atom. The minimum Gasteiger partial charge on any atom is -0.497 e. The van der Waals surface area contributed by atoms with Crippen molar-refractivity contribution in [2.24, 2.45) is 0 Å². The molecule has 0 saturated carbocycles. The van der Waals surface area contributed by atoms with Gasteiger partial charge in [0.05, 0.1) is 13.5 Å². The second kappa shape index (κ2) is 11.9. The number of hydrogen-bond acceptors (Lipinski definition) is 3. The van der Waals surface area contributed by atoms with Gasteiger partial charge in [-0.3, -0.25) is 9.59 Å². The number of methoxy groups -OCH3 is 1. The molecule has 5 heteroatoms. The van der Waals surface area contributed by atoms with Crippen molar-refractivity contribution >= 4 is 11.8 Å². The minimum absolute atomic E-state index is 0.0916. The highest BCUT2D eigenvalue weighted by Crippen LogP contribution is 2.20. The number of carbonyl (C=O) groups is 2. The summed E-state index contributed by atoms with van der Waals surface area (Å²) in [4.78, 5) is 29.2. The lowest BCUT2D eigenvalue weighted by Gasteiger charge is -2.34. The summed E-state index contributed by atoms with van der Waals surface area (Å²) >= 11 is 0. The van der Waals surface area contributed by atoms with E-state index in [1.54, 1.807) is 12.0 Å². The summed E-state index contributed by atoms with van der Waals surface area (Å²) in [5.74, 6) is 0.460. The molecule has 3 aromatic rings. The van der Waals surface area contributed by atoms with Gasteiger partial charge in [-0.15, -0.1) is 0 Å². The van der Waals surface area contributed by atoms with E-state index in [0.717, 1.165) is 22.3 Å². The molecule has 1 N–H and O–H groups in total. The molecule has 0 aliphatic rings. The number of aryl methyl sites for hydroxylation is 2. The summed E-state index contributed by atoms with van der Waals surface area (Å²) in [5, 5.41) is 3.11. The number of nitrogens with zero attached hydrogens (tertiary/aromatic N) is 1. The second-order valence-corrected chi connectivity index (χ2v) is 10.4. The Morgan fingerprint density at radius 1 is 0.861 bits per heavy atom. The van der Waals surface area contributed by atoms with Gasteiger partial charge in [0, 0.05) is 18.5 Å². The Labute approximate surface area is 215 Å². The SMILES string of the molecule is COc1cccc(CN(C(=O)Cc2ccc(C)c(C)c2)[C@H](Cc2ccccc2)C(=O)NC(C)(C)C)c1. The van der Waals surface area contributed by atoms with E-state index in [0.29, 0.717) is 18.7 Å². The Hall–Kier alpha value is -3.60. The topological polar surface area (TPSA) is 58.6 Å². The summed E-state index contributed by atoms with van der Waals surface area (Å²) in [6, 6.07) is 22.9. The molecule has 0 aliphatic heterocycles. The average molecular weight is 487 g/mol. The summed E-state index contributed by atoms with van der Waals surface area (Å²) in [7, 11) is 1.62. The first-order valence-corrected chi connectivity index (χ1v) is 12.4. The standard InChI is InChI=1S/C31H38N2O3/c1-22-15-16-25(17-23(22)2)20-29(34)33(21-26-13-10-14-27(18-26)36-6)28(30(35)32-31(3,4)5)19-24-11-8-7-9-12-24/h7-18,28H,19-21H2,1-6H3,(H,32,35)/t28-/m1/s1. The van der Waals surface area contributed by atoms with Crippen molar-refractivity contribution < 1.29 is 14.3 Å². The Balaban J connectivity index is 2.01. The molecule has 0 aliphatic carbocycles. The van der Waals surface area contributed by atoms with Crippen LogP contribution in [0.5, 0.6) is 5.75 Å². The highest BCUT2D eigenvalue weighted by molar-refractivity contribution is 5.89. The molecular formula is C31H38N2O3. The number of benzene rings is 3. The average Bonchev–Trinajstić information content (AvgIpc) is 2.83. The largest absolute Gasteiger partial charge is 0.497 e. The van der Waals surface area contributed by atoms with Crippen LogP contribution in [0, 0.1) is 13.8 Å². The molecule has 2 amide bonds. The number of carbonyl (C=O) groups excluding carboxylic acids is 2. The van der Waals surface area contributed by atoms with E-state index >= 15 is 0 Å². The van der Waals surface area contributed by atoms with Crippen LogP contribution >= 0.6 is 0 Å². The maximum Gasteiger partial charge on any atom is 0.243 e. The molecule has 0 saturated heterocycles. The monoisotopic (exact) mass is 486 g/mol. The number of nitrogens with one attached hydrogen (secondary N) is 1. The van der Waals surface area contributed by atoms with E-state index in [4.69, 9.17) is 4.74 Å². The van der Waals surface area contributed by atoms with Crippen molar-refractivity contribution in [1.82, 2.24) is 10.2 Å². The molecule has 5 nitrogen and oxygen atoms in total. The van der Waals surface area contributed by atoms with E-state index in [2.05, 4.69) is 18.3 Å². The third-order valence-electron chi connectivity index (χ3n) is 6.18. The molecule has 3 aromatic carbocycles. The van der Waals surface area contributed by atoms with Gasteiger partial charge in [-0.25, -0.2) is 0 Å². The van der Waals surface area contributed by atoms with Crippen molar-refractivity contribution in [3.8, 4) is 5.75 Å². The van der Waals surface area contributed by atoms with Crippen LogP contribution in [0.4, 0.5) is 0 Å². The van der Waals surface area contributed by atoms with E-state index in [1.807, 2.05) is 94.4 Å². The van der Waals surface area contributed by atoms with E-state index in [1.165, 1.54) is 5.56 Å². The molecular weight excluding hydrogens is 448 g/mol. The van der Waals surface area contributed by atoms with Crippen molar-refractivity contribution in [2.45, 2.75) is 65.6 Å². The van der Waals surface area contributed by atoms with Gasteiger partial charge < -0.3 is 15.0 Å². The van der Waals surface area contributed by atoms with Crippen molar-refractivity contribution in [3.05, 3.63) is 101 Å². The number of amides is 2. The first-order chi connectivity index (χ1) is 17.1. The quantitative estimate of drug-likeness (QED) is 0.440. The molecule has 0 aromatic heterocycles. The van der Waals surface area contributed by atoms with E-state index in [9.17, 15) is 9.59 Å². The molecule has 0 spiro atoms. The van der Waals surface area contributed by atoms with Crippen LogP contribution in [0.3, 0.4) is 0 Å². The van der Waals surface area contributed by atoms with Crippen LogP contribution in [-0.4, -0.2) is 35.4 Å². The third-order valence-corrected chi connectivity index (χ3v) is 6.18. The lowest BCUT2D eigenvalue weighted by atomic mass is 9.99. The number of ether oxygens (including phenoxy) is 1. The Bertz CT molecular complexity index is 1180. The van der Waals surface area contributed by atoms with Crippen LogP contribution < -0.4 is 10.1 Å². The Kier molecular flexibility index (Phi) is 8.92. The van der Waals surface area contributed by atoms with Crippen LogP contribution in [0.1, 0.15) is 48.6 Å². The van der Waals surface area contributed by atoms with Crippen LogP contribution in [0.2, 0.25) is 0 Å². The molecule has 0 fully saturated rings. The van der Waals surface area contributed by atoms with Crippen LogP contribution in [-0.2, 0) is 29.0 Å². The zero-order valence-corrected chi connectivity index (χ0v) is 22.3. The predicted octanol–water partition coefficient (Wildman–Crippen LogP) is 5.41. The summed E-state index contributed by atoms with van der Waals surface area (Å²) in [6.45, 7) is 10.3. The van der Waals surface area contributed by atoms with E-state index in [-0.39, 0.29) is 18.2 Å². The normalized spacial score (nSPS) is 12.1. The fraction of sp³-hybridized carbons (Fsp3) is 0.355. The van der Waals surface area contributed by atoms with Crippen LogP contribution in [0.15, 0.2) is 72.8 Å². The van der Waals surface area contributed by atoms with Crippen molar-refractivity contribution in [2.75, 3.05) is 7.11 Å². The molecule has 0 heterocycles. The molecule has 0 bridgehead atoms. The zero-order chi connectivity index (χ0) is 26.3. The fourth-order valence-electron chi connectivity index (χ4n) is 4.16. The van der Waals surface area contributed by atoms with Gasteiger partial charge in [0.1, 0.15) is 11.8 Å². The van der Waals surface area contributed by atoms with Gasteiger partial charge in [-0.05, 0) is 74.6 Å². The molecule has 190 valence electrons. The molecule has 3 rings (SSSR count). The van der Waals surface area contributed by atoms with Gasteiger partial charge in [-0.1, -0.05) is 60.7 Å². The van der Waals surface area contributed by atoms with Gasteiger partial charge in [-0.2, -0.15) is 0 Å². The number of hydrogen-bond donors (Lipinski definition) is 1. The summed E-state index contributed by atoms with van der Waals surface area (Å²) < 4.78 is 5.40. The van der Waals surface area contributed by atoms with Gasteiger partial charge >= 0.3 is 0 Å². The van der Waals surface area contributed by atoms with E-state index < -0.39 is 11.6 Å². The van der Waals surface area contributed by atoms with Gasteiger partial charge in [0.2, 0.25) is 11.8 Å². The van der Waals surface area contributed by atoms with Crippen molar-refractivity contribution in [3.63, 3.8) is 0 Å². The summed E-state index contributed by atoms with van der Waals surface area (Å²) in [6.07, 6.45) is 0.643. The fourth-order valence-corrected chi connectivity index (χ4v) is 4.16. The zero-order valence-electron chi connectivity index (χ0n) is 22.3. The molecule has 0 radical (unpaired) electrons.